The third-order valence-electron chi connectivity index (χ3n) is 2.00. The molecule has 4 nitrogen and oxygen atoms in total. The Hall–Kier alpha value is -2.08. The van der Waals surface area contributed by atoms with Crippen LogP contribution >= 0.6 is 0 Å². The van der Waals surface area contributed by atoms with Crippen LogP contribution in [0.25, 0.3) is 0 Å². The molecule has 88 valence electrons. The van der Waals surface area contributed by atoms with E-state index in [1.54, 1.807) is 6.07 Å². The number of aromatic nitrogens is 2. The van der Waals surface area contributed by atoms with E-state index in [1.807, 2.05) is 0 Å². The summed E-state index contributed by atoms with van der Waals surface area (Å²) in [6.07, 6.45) is 1.48. The van der Waals surface area contributed by atoms with Crippen molar-refractivity contribution in [3.05, 3.63) is 47.8 Å². The maximum atomic E-state index is 12.9. The van der Waals surface area contributed by atoms with Crippen LogP contribution < -0.4 is 10.5 Å². The Morgan fingerprint density at radius 2 is 2.00 bits per heavy atom. The molecule has 0 aliphatic carbocycles. The molecule has 0 spiro atoms. The summed E-state index contributed by atoms with van der Waals surface area (Å²) in [5, 5.41) is 0. The molecule has 0 aliphatic rings. The van der Waals surface area contributed by atoms with Gasteiger partial charge in [0.2, 0.25) is 0 Å². The molecule has 0 saturated heterocycles. The van der Waals surface area contributed by atoms with Gasteiger partial charge in [0.15, 0.2) is 11.6 Å². The zero-order chi connectivity index (χ0) is 12.3. The van der Waals surface area contributed by atoms with Gasteiger partial charge in [-0.1, -0.05) is 0 Å². The van der Waals surface area contributed by atoms with E-state index < -0.39 is 11.6 Å². The van der Waals surface area contributed by atoms with Crippen molar-refractivity contribution in [1.82, 2.24) is 9.97 Å². The minimum atomic E-state index is -0.988. The van der Waals surface area contributed by atoms with Gasteiger partial charge in [-0.2, -0.15) is 4.98 Å². The fourth-order valence-electron chi connectivity index (χ4n) is 1.18. The summed E-state index contributed by atoms with van der Waals surface area (Å²) < 4.78 is 30.8. The van der Waals surface area contributed by atoms with E-state index in [4.69, 9.17) is 10.5 Å². The van der Waals surface area contributed by atoms with Gasteiger partial charge in [0, 0.05) is 18.8 Å². The third kappa shape index (κ3) is 2.73. The van der Waals surface area contributed by atoms with E-state index in [9.17, 15) is 8.78 Å². The quantitative estimate of drug-likeness (QED) is 0.886. The molecule has 1 aromatic heterocycles. The molecule has 0 saturated carbocycles. The average Bonchev–Trinajstić information content (AvgIpc) is 2.34. The van der Waals surface area contributed by atoms with Crippen LogP contribution in [0.3, 0.4) is 0 Å². The summed E-state index contributed by atoms with van der Waals surface area (Å²) in [5.74, 6) is -1.80. The number of halogens is 2. The molecule has 1 aromatic carbocycles. The molecule has 2 rings (SSSR count). The molecule has 1 heterocycles. The van der Waals surface area contributed by atoms with Crippen molar-refractivity contribution in [3.63, 3.8) is 0 Å². The second kappa shape index (κ2) is 4.84. The van der Waals surface area contributed by atoms with Crippen molar-refractivity contribution < 1.29 is 13.5 Å². The van der Waals surface area contributed by atoms with Gasteiger partial charge in [-0.25, -0.2) is 13.8 Å². The van der Waals surface area contributed by atoms with Crippen LogP contribution in [0.15, 0.2) is 30.5 Å². The second-order valence-electron chi connectivity index (χ2n) is 3.21. The van der Waals surface area contributed by atoms with Gasteiger partial charge in [-0.3, -0.25) is 0 Å². The van der Waals surface area contributed by atoms with Crippen LogP contribution in [0, 0.1) is 11.6 Å². The normalized spacial score (nSPS) is 10.3. The lowest BCUT2D eigenvalue weighted by Gasteiger charge is -2.04. The number of ether oxygens (including phenoxy) is 1. The van der Waals surface area contributed by atoms with Gasteiger partial charge >= 0.3 is 6.01 Å². The molecule has 17 heavy (non-hydrogen) atoms. The summed E-state index contributed by atoms with van der Waals surface area (Å²) in [4.78, 5) is 7.79. The standard InChI is InChI=1S/C11H9F2N3O/c12-9-2-1-8(5-10(9)13)17-11-15-4-3-7(6-14)16-11/h1-5H,6,14H2. The van der Waals surface area contributed by atoms with Crippen LogP contribution in [-0.4, -0.2) is 9.97 Å². The van der Waals surface area contributed by atoms with Gasteiger partial charge in [-0.15, -0.1) is 0 Å². The number of hydrogen-bond donors (Lipinski definition) is 1. The Morgan fingerprint density at radius 1 is 1.18 bits per heavy atom. The molecule has 0 radical (unpaired) electrons. The number of nitrogens with two attached hydrogens (primary N) is 1. The predicted molar refractivity (Wildman–Crippen MR) is 56.4 cm³/mol. The molecule has 0 aliphatic heterocycles. The third-order valence-corrected chi connectivity index (χ3v) is 2.00. The highest BCUT2D eigenvalue weighted by Crippen LogP contribution is 2.20. The van der Waals surface area contributed by atoms with E-state index in [0.29, 0.717) is 5.69 Å². The van der Waals surface area contributed by atoms with Crippen LogP contribution in [-0.2, 0) is 6.54 Å². The summed E-state index contributed by atoms with van der Waals surface area (Å²) in [7, 11) is 0. The van der Waals surface area contributed by atoms with Crippen LogP contribution in [0.4, 0.5) is 8.78 Å². The fourth-order valence-corrected chi connectivity index (χ4v) is 1.18. The number of hydrogen-bond acceptors (Lipinski definition) is 4. The molecule has 0 amide bonds. The second-order valence-corrected chi connectivity index (χ2v) is 3.21. The zero-order valence-corrected chi connectivity index (χ0v) is 8.73. The fraction of sp³-hybridized carbons (Fsp3) is 0.0909. The minimum Gasteiger partial charge on any atom is -0.424 e. The van der Waals surface area contributed by atoms with Crippen LogP contribution in [0.2, 0.25) is 0 Å². The molecule has 2 aromatic rings. The Bertz CT molecular complexity index is 534. The number of rotatable bonds is 3. The van der Waals surface area contributed by atoms with E-state index in [-0.39, 0.29) is 18.3 Å². The van der Waals surface area contributed by atoms with Crippen LogP contribution in [0.1, 0.15) is 5.69 Å². The molecule has 0 fully saturated rings. The lowest BCUT2D eigenvalue weighted by Crippen LogP contribution is -2.01. The molecule has 0 atom stereocenters. The maximum absolute atomic E-state index is 12.9. The van der Waals surface area contributed by atoms with E-state index in [2.05, 4.69) is 9.97 Å². The van der Waals surface area contributed by atoms with Crippen molar-refractivity contribution in [3.8, 4) is 11.8 Å². The van der Waals surface area contributed by atoms with Gasteiger partial charge in [0.1, 0.15) is 5.75 Å². The van der Waals surface area contributed by atoms with Crippen LogP contribution in [0.5, 0.6) is 11.8 Å². The first-order chi connectivity index (χ1) is 8.19. The highest BCUT2D eigenvalue weighted by molar-refractivity contribution is 5.26. The monoisotopic (exact) mass is 237 g/mol. The topological polar surface area (TPSA) is 61.0 Å². The smallest absolute Gasteiger partial charge is 0.322 e. The first-order valence-corrected chi connectivity index (χ1v) is 4.84. The first-order valence-electron chi connectivity index (χ1n) is 4.84. The Kier molecular flexibility index (Phi) is 3.24. The average molecular weight is 237 g/mol. The molecule has 2 N–H and O–H groups in total. The highest BCUT2D eigenvalue weighted by Gasteiger charge is 2.06. The summed E-state index contributed by atoms with van der Waals surface area (Å²) in [6.45, 7) is 0.247. The largest absolute Gasteiger partial charge is 0.424 e. The summed E-state index contributed by atoms with van der Waals surface area (Å²) >= 11 is 0. The van der Waals surface area contributed by atoms with Crippen molar-refractivity contribution in [2.45, 2.75) is 6.54 Å². The maximum Gasteiger partial charge on any atom is 0.322 e. The van der Waals surface area contributed by atoms with Gasteiger partial charge < -0.3 is 10.5 Å². The van der Waals surface area contributed by atoms with Crippen molar-refractivity contribution >= 4 is 0 Å². The van der Waals surface area contributed by atoms with Crippen molar-refractivity contribution in [2.24, 2.45) is 5.73 Å². The van der Waals surface area contributed by atoms with E-state index in [0.717, 1.165) is 12.1 Å². The number of nitrogens with zero attached hydrogens (tertiary/aromatic N) is 2. The SMILES string of the molecule is NCc1ccnc(Oc2ccc(F)c(F)c2)n1. The Morgan fingerprint density at radius 3 is 2.71 bits per heavy atom. The predicted octanol–water partition coefficient (Wildman–Crippen LogP) is 2.01. The molecule has 0 bridgehead atoms. The zero-order valence-electron chi connectivity index (χ0n) is 8.73. The van der Waals surface area contributed by atoms with E-state index in [1.165, 1.54) is 12.3 Å². The Labute approximate surface area is 96.1 Å². The molecular formula is C11H9F2N3O. The molecule has 6 heteroatoms. The van der Waals surface area contributed by atoms with Gasteiger partial charge in [-0.05, 0) is 18.2 Å². The molecular weight excluding hydrogens is 228 g/mol. The summed E-state index contributed by atoms with van der Waals surface area (Å²) in [5.41, 5.74) is 6.00. The van der Waals surface area contributed by atoms with Crippen molar-refractivity contribution in [2.75, 3.05) is 0 Å². The number of benzene rings is 1. The lowest BCUT2D eigenvalue weighted by molar-refractivity contribution is 0.429. The van der Waals surface area contributed by atoms with E-state index >= 15 is 0 Å². The highest BCUT2D eigenvalue weighted by atomic mass is 19.2. The Balaban J connectivity index is 2.22. The van der Waals surface area contributed by atoms with Gasteiger partial charge in [0.05, 0.1) is 5.69 Å². The lowest BCUT2D eigenvalue weighted by atomic mass is 10.3. The van der Waals surface area contributed by atoms with Gasteiger partial charge in [0.25, 0.3) is 0 Å². The van der Waals surface area contributed by atoms with Crippen molar-refractivity contribution in [1.29, 1.82) is 0 Å². The first kappa shape index (κ1) is 11.4. The minimum absolute atomic E-state index is 0.0407. The summed E-state index contributed by atoms with van der Waals surface area (Å²) in [6, 6.07) is 4.86. The molecule has 0 unspecified atom stereocenters.